The van der Waals surface area contributed by atoms with Crippen molar-refractivity contribution in [1.29, 1.82) is 0 Å². The van der Waals surface area contributed by atoms with Crippen LogP contribution in [0.25, 0.3) is 0 Å². The first-order valence-electron chi connectivity index (χ1n) is 3.10. The van der Waals surface area contributed by atoms with Crippen molar-refractivity contribution in [2.45, 2.75) is 6.42 Å². The van der Waals surface area contributed by atoms with Gasteiger partial charge in [-0.15, -0.1) is 4.52 Å². The van der Waals surface area contributed by atoms with E-state index in [0.717, 1.165) is 0 Å². The van der Waals surface area contributed by atoms with Crippen molar-refractivity contribution in [2.24, 2.45) is 0 Å². The quantitative estimate of drug-likeness (QED) is 0.281. The lowest BCUT2D eigenvalue weighted by atomic mass is 10.5. The summed E-state index contributed by atoms with van der Waals surface area (Å²) in [5, 5.41) is 9.09. The molecule has 1 amide bonds. The third-order valence-electron chi connectivity index (χ3n) is 1.05. The molecule has 0 aliphatic heterocycles. The van der Waals surface area contributed by atoms with E-state index in [1.807, 2.05) is 0 Å². The fourth-order valence-electron chi connectivity index (χ4n) is 0.506. The van der Waals surface area contributed by atoms with Crippen molar-refractivity contribution in [1.82, 2.24) is 5.06 Å². The van der Waals surface area contributed by atoms with Gasteiger partial charge in [0.05, 0.1) is 13.7 Å². The Kier molecular flexibility index (Phi) is 5.93. The number of nitrogens with zero attached hydrogens (tertiary/aromatic N) is 1. The summed E-state index contributed by atoms with van der Waals surface area (Å²) < 4.78 is 15.1. The number of amides is 1. The fourth-order valence-corrected chi connectivity index (χ4v) is 1.09. The molecule has 0 spiro atoms. The van der Waals surface area contributed by atoms with Crippen LogP contribution in [0.15, 0.2) is 0 Å². The largest absolute Gasteiger partial charge is 0.507 e. The normalized spacial score (nSPS) is 10.9. The molecule has 0 aliphatic carbocycles. The van der Waals surface area contributed by atoms with E-state index in [9.17, 15) is 9.36 Å². The predicted octanol–water partition coefficient (Wildman–Crippen LogP) is 0.613. The van der Waals surface area contributed by atoms with Crippen LogP contribution in [0.3, 0.4) is 0 Å². The smallest absolute Gasteiger partial charge is 0.286 e. The molecule has 0 aromatic carbocycles. The summed E-state index contributed by atoms with van der Waals surface area (Å²) in [6.45, 7) is 0.188. The Morgan fingerprint density at radius 2 is 2.36 bits per heavy atom. The Labute approximate surface area is 65.8 Å². The number of hydroxylamine groups is 2. The summed E-state index contributed by atoms with van der Waals surface area (Å²) in [5.41, 5.74) is 0. The maximum absolute atomic E-state index is 10.6. The van der Waals surface area contributed by atoms with Crippen molar-refractivity contribution < 1.29 is 19.1 Å². The third-order valence-corrected chi connectivity index (χ3v) is 2.14. The van der Waals surface area contributed by atoms with Crippen LogP contribution in [0.5, 0.6) is 0 Å². The molecule has 0 heterocycles. The molecule has 0 aliphatic rings. The third kappa shape index (κ3) is 5.91. The fraction of sp³-hybridized carbons (Fsp3) is 0.800. The summed E-state index contributed by atoms with van der Waals surface area (Å²) in [5.74, 6) is 0. The second-order valence-electron chi connectivity index (χ2n) is 1.86. The highest BCUT2D eigenvalue weighted by molar-refractivity contribution is 7.39. The molecule has 0 saturated heterocycles. The van der Waals surface area contributed by atoms with E-state index in [0.29, 0.717) is 24.1 Å². The van der Waals surface area contributed by atoms with Gasteiger partial charge in [-0.25, -0.2) is 5.06 Å². The van der Waals surface area contributed by atoms with E-state index >= 15 is 0 Å². The van der Waals surface area contributed by atoms with Crippen LogP contribution in [0.4, 0.5) is 0 Å². The molecule has 0 radical (unpaired) electrons. The average Bonchev–Trinajstić information content (AvgIpc) is 2.04. The van der Waals surface area contributed by atoms with Gasteiger partial charge in [0.1, 0.15) is 0 Å². The Morgan fingerprint density at radius 1 is 1.73 bits per heavy atom. The standard InChI is InChI=1S/C5H11NO4P/c1-10-11(9)4-2-3-6(8)5-7/h5,8H,2-4H2,1H3/q+1. The van der Waals surface area contributed by atoms with Crippen molar-refractivity contribution in [3.05, 3.63) is 0 Å². The van der Waals surface area contributed by atoms with E-state index in [1.165, 1.54) is 7.11 Å². The zero-order valence-corrected chi connectivity index (χ0v) is 7.16. The second kappa shape index (κ2) is 6.22. The summed E-state index contributed by atoms with van der Waals surface area (Å²) in [7, 11) is -0.261. The van der Waals surface area contributed by atoms with E-state index in [4.69, 9.17) is 5.21 Å². The van der Waals surface area contributed by atoms with Crippen molar-refractivity contribution in [2.75, 3.05) is 19.8 Å². The maximum Gasteiger partial charge on any atom is 0.507 e. The number of rotatable bonds is 6. The van der Waals surface area contributed by atoms with Gasteiger partial charge in [-0.2, -0.15) is 0 Å². The highest BCUT2D eigenvalue weighted by Gasteiger charge is 2.13. The highest BCUT2D eigenvalue weighted by atomic mass is 31.1. The van der Waals surface area contributed by atoms with Crippen molar-refractivity contribution in [3.8, 4) is 0 Å². The minimum atomic E-state index is -1.62. The van der Waals surface area contributed by atoms with E-state index < -0.39 is 8.03 Å². The Bertz CT molecular complexity index is 140. The molecule has 6 heteroatoms. The van der Waals surface area contributed by atoms with Gasteiger partial charge in [-0.1, -0.05) is 0 Å². The van der Waals surface area contributed by atoms with Gasteiger partial charge in [-0.3, -0.25) is 10.0 Å². The molecule has 5 nitrogen and oxygen atoms in total. The van der Waals surface area contributed by atoms with Crippen LogP contribution in [-0.2, 0) is 13.9 Å². The van der Waals surface area contributed by atoms with Gasteiger partial charge in [0, 0.05) is 6.42 Å². The van der Waals surface area contributed by atoms with Crippen LogP contribution in [-0.4, -0.2) is 36.5 Å². The first kappa shape index (κ1) is 10.5. The number of hydrogen-bond donors (Lipinski definition) is 1. The minimum absolute atomic E-state index is 0.188. The summed E-state index contributed by atoms with van der Waals surface area (Å²) in [6.07, 6.45) is 1.13. The van der Waals surface area contributed by atoms with Gasteiger partial charge < -0.3 is 0 Å². The molecule has 64 valence electrons. The van der Waals surface area contributed by atoms with Gasteiger partial charge in [0.15, 0.2) is 6.16 Å². The average molecular weight is 180 g/mol. The van der Waals surface area contributed by atoms with E-state index in [2.05, 4.69) is 4.52 Å². The molecule has 0 aromatic rings. The lowest BCUT2D eigenvalue weighted by Gasteiger charge is -2.03. The zero-order valence-electron chi connectivity index (χ0n) is 6.27. The first-order chi connectivity index (χ1) is 5.20. The van der Waals surface area contributed by atoms with Crippen LogP contribution < -0.4 is 0 Å². The number of hydrogen-bond acceptors (Lipinski definition) is 4. The number of carbonyl (C=O) groups excluding carboxylic acids is 1. The molecule has 1 atom stereocenters. The second-order valence-corrected chi connectivity index (χ2v) is 3.34. The van der Waals surface area contributed by atoms with Gasteiger partial charge >= 0.3 is 8.03 Å². The van der Waals surface area contributed by atoms with Gasteiger partial charge in [0.2, 0.25) is 6.41 Å². The summed E-state index contributed by atoms with van der Waals surface area (Å²) >= 11 is 0. The van der Waals surface area contributed by atoms with Crippen molar-refractivity contribution in [3.63, 3.8) is 0 Å². The topological polar surface area (TPSA) is 66.8 Å². The molecule has 0 fully saturated rings. The van der Waals surface area contributed by atoms with Crippen LogP contribution in [0, 0.1) is 0 Å². The van der Waals surface area contributed by atoms with Gasteiger partial charge in [-0.05, 0) is 4.57 Å². The molecule has 0 rings (SSSR count). The summed E-state index contributed by atoms with van der Waals surface area (Å²) in [6, 6.07) is 0. The zero-order chi connectivity index (χ0) is 8.69. The molecule has 1 unspecified atom stereocenters. The van der Waals surface area contributed by atoms with Crippen LogP contribution >= 0.6 is 8.03 Å². The molecule has 11 heavy (non-hydrogen) atoms. The Balaban J connectivity index is 3.26. The summed E-state index contributed by atoms with van der Waals surface area (Å²) in [4.78, 5) is 9.82. The molecular weight excluding hydrogens is 169 g/mol. The lowest BCUT2D eigenvalue weighted by molar-refractivity contribution is -0.149. The monoisotopic (exact) mass is 180 g/mol. The van der Waals surface area contributed by atoms with Crippen LogP contribution in [0.2, 0.25) is 0 Å². The van der Waals surface area contributed by atoms with Crippen molar-refractivity contribution >= 4 is 14.4 Å². The first-order valence-corrected chi connectivity index (χ1v) is 4.46. The molecular formula is C5H11NO4P+. The number of carbonyl (C=O) groups is 1. The SMILES string of the molecule is CO[P+](=O)CCCN(O)C=O. The Morgan fingerprint density at radius 3 is 2.82 bits per heavy atom. The van der Waals surface area contributed by atoms with Gasteiger partial charge in [0.25, 0.3) is 0 Å². The Hall–Kier alpha value is -0.510. The van der Waals surface area contributed by atoms with E-state index in [1.54, 1.807) is 0 Å². The minimum Gasteiger partial charge on any atom is -0.286 e. The lowest BCUT2D eigenvalue weighted by Crippen LogP contribution is -2.18. The predicted molar refractivity (Wildman–Crippen MR) is 38.7 cm³/mol. The molecule has 0 aromatic heterocycles. The molecule has 1 N–H and O–H groups in total. The van der Waals surface area contributed by atoms with E-state index in [-0.39, 0.29) is 6.54 Å². The highest BCUT2D eigenvalue weighted by Crippen LogP contribution is 2.20. The molecule has 0 saturated carbocycles. The molecule has 0 bridgehead atoms. The maximum atomic E-state index is 10.6. The van der Waals surface area contributed by atoms with Crippen LogP contribution in [0.1, 0.15) is 6.42 Å².